The molecule has 2 heterocycles. The van der Waals surface area contributed by atoms with Crippen molar-refractivity contribution in [1.29, 1.82) is 0 Å². The van der Waals surface area contributed by atoms with Gasteiger partial charge in [0.2, 0.25) is 0 Å². The van der Waals surface area contributed by atoms with Crippen LogP contribution in [0.15, 0.2) is 0 Å². The molecule has 0 unspecified atom stereocenters. The van der Waals surface area contributed by atoms with Gasteiger partial charge in [0.25, 0.3) is 11.7 Å². The van der Waals surface area contributed by atoms with Crippen LogP contribution in [-0.2, 0) is 0 Å². The molecule has 7 nitrogen and oxygen atoms in total. The van der Waals surface area contributed by atoms with Crippen molar-refractivity contribution in [2.75, 3.05) is 33.2 Å². The van der Waals surface area contributed by atoms with Gasteiger partial charge in [0.05, 0.1) is 0 Å². The lowest BCUT2D eigenvalue weighted by Gasteiger charge is -2.31. The molecule has 1 aliphatic rings. The summed E-state index contributed by atoms with van der Waals surface area (Å²) in [6.45, 7) is 3.24. The molecule has 0 bridgehead atoms. The third-order valence-electron chi connectivity index (χ3n) is 2.33. The molecule has 1 aromatic rings. The van der Waals surface area contributed by atoms with Crippen molar-refractivity contribution in [2.45, 2.75) is 0 Å². The summed E-state index contributed by atoms with van der Waals surface area (Å²) in [6.07, 6.45) is 0. The van der Waals surface area contributed by atoms with Gasteiger partial charge in [-0.3, -0.25) is 4.79 Å². The fourth-order valence-electron chi connectivity index (χ4n) is 1.40. The average molecular weight is 196 g/mol. The largest absolute Gasteiger partial charge is 0.333 e. The minimum atomic E-state index is -0.146. The Morgan fingerprint density at radius 3 is 2.64 bits per heavy atom. The zero-order valence-corrected chi connectivity index (χ0v) is 7.97. The topological polar surface area (TPSA) is 78.0 Å². The van der Waals surface area contributed by atoms with Crippen molar-refractivity contribution in [3.8, 4) is 0 Å². The number of aromatic amines is 1. The number of hydrogen-bond donors (Lipinski definition) is 1. The van der Waals surface area contributed by atoms with E-state index in [2.05, 4.69) is 25.5 Å². The van der Waals surface area contributed by atoms with Gasteiger partial charge in [-0.1, -0.05) is 0 Å². The summed E-state index contributed by atoms with van der Waals surface area (Å²) in [5.74, 6) is 0.00130. The van der Waals surface area contributed by atoms with E-state index in [1.807, 2.05) is 7.05 Å². The lowest BCUT2D eigenvalue weighted by Crippen LogP contribution is -2.47. The molecule has 0 atom stereocenters. The van der Waals surface area contributed by atoms with Gasteiger partial charge >= 0.3 is 0 Å². The number of amides is 1. The summed E-state index contributed by atoms with van der Waals surface area (Å²) in [5.41, 5.74) is 0. The summed E-state index contributed by atoms with van der Waals surface area (Å²) in [6, 6.07) is 0. The zero-order valence-electron chi connectivity index (χ0n) is 7.97. The molecular weight excluding hydrogens is 184 g/mol. The van der Waals surface area contributed by atoms with Crippen LogP contribution in [0.1, 0.15) is 10.6 Å². The van der Waals surface area contributed by atoms with E-state index in [0.717, 1.165) is 26.2 Å². The molecule has 1 N–H and O–H groups in total. The van der Waals surface area contributed by atoms with E-state index in [4.69, 9.17) is 0 Å². The van der Waals surface area contributed by atoms with Gasteiger partial charge in [0, 0.05) is 26.2 Å². The molecular formula is C7H12N6O. The molecule has 1 fully saturated rings. The van der Waals surface area contributed by atoms with Crippen molar-refractivity contribution in [1.82, 2.24) is 30.4 Å². The molecule has 7 heteroatoms. The second-order valence-electron chi connectivity index (χ2n) is 3.33. The number of nitrogens with one attached hydrogen (secondary N) is 1. The normalized spacial score (nSPS) is 18.5. The number of H-pyrrole nitrogens is 1. The fraction of sp³-hybridized carbons (Fsp3) is 0.714. The number of rotatable bonds is 1. The lowest BCUT2D eigenvalue weighted by atomic mass is 10.3. The van der Waals surface area contributed by atoms with Crippen molar-refractivity contribution in [2.24, 2.45) is 0 Å². The van der Waals surface area contributed by atoms with Crippen LogP contribution in [0.5, 0.6) is 0 Å². The number of likely N-dealkylation sites (N-methyl/N-ethyl adjacent to an activating group) is 1. The quantitative estimate of drug-likeness (QED) is 0.597. The maximum Gasteiger partial charge on any atom is 0.295 e. The van der Waals surface area contributed by atoms with Gasteiger partial charge in [0.1, 0.15) is 0 Å². The first-order valence-corrected chi connectivity index (χ1v) is 4.48. The van der Waals surface area contributed by atoms with Crippen LogP contribution in [-0.4, -0.2) is 69.6 Å². The number of carbonyl (C=O) groups excluding carboxylic acids is 1. The zero-order chi connectivity index (χ0) is 9.97. The van der Waals surface area contributed by atoms with Crippen LogP contribution >= 0.6 is 0 Å². The van der Waals surface area contributed by atoms with Gasteiger partial charge in [-0.25, -0.2) is 0 Å². The first-order valence-electron chi connectivity index (χ1n) is 4.48. The highest BCUT2D eigenvalue weighted by molar-refractivity contribution is 5.90. The fourth-order valence-corrected chi connectivity index (χ4v) is 1.40. The van der Waals surface area contributed by atoms with Gasteiger partial charge in [-0.2, -0.15) is 5.21 Å². The van der Waals surface area contributed by atoms with Crippen molar-refractivity contribution < 1.29 is 4.79 Å². The number of tetrazole rings is 1. The predicted molar refractivity (Wildman–Crippen MR) is 47.6 cm³/mol. The van der Waals surface area contributed by atoms with E-state index in [1.165, 1.54) is 0 Å². The van der Waals surface area contributed by atoms with Crippen molar-refractivity contribution in [3.05, 3.63) is 5.82 Å². The third kappa shape index (κ3) is 1.72. The second-order valence-corrected chi connectivity index (χ2v) is 3.33. The molecule has 1 aromatic heterocycles. The maximum absolute atomic E-state index is 11.7. The van der Waals surface area contributed by atoms with E-state index in [1.54, 1.807) is 4.90 Å². The minimum Gasteiger partial charge on any atom is -0.333 e. The standard InChI is InChI=1S/C7H12N6O/c1-12-2-4-13(5-3-12)7(14)6-8-10-11-9-6/h2-5H2,1H3,(H,8,9,10,11). The number of hydrogen-bond acceptors (Lipinski definition) is 5. The van der Waals surface area contributed by atoms with E-state index in [0.29, 0.717) is 0 Å². The lowest BCUT2D eigenvalue weighted by molar-refractivity contribution is 0.0652. The van der Waals surface area contributed by atoms with Crippen LogP contribution in [0, 0.1) is 0 Å². The van der Waals surface area contributed by atoms with Crippen LogP contribution < -0.4 is 0 Å². The molecule has 0 aliphatic carbocycles. The monoisotopic (exact) mass is 196 g/mol. The van der Waals surface area contributed by atoms with Gasteiger partial charge in [0.15, 0.2) is 0 Å². The summed E-state index contributed by atoms with van der Waals surface area (Å²) >= 11 is 0. The molecule has 14 heavy (non-hydrogen) atoms. The van der Waals surface area contributed by atoms with E-state index < -0.39 is 0 Å². The number of piperazine rings is 1. The Morgan fingerprint density at radius 2 is 2.07 bits per heavy atom. The Hall–Kier alpha value is -1.50. The molecule has 2 rings (SSSR count). The second kappa shape index (κ2) is 3.70. The van der Waals surface area contributed by atoms with Gasteiger partial charge in [-0.05, 0) is 12.3 Å². The summed E-state index contributed by atoms with van der Waals surface area (Å²) < 4.78 is 0. The minimum absolute atomic E-state index is 0.146. The number of nitrogens with zero attached hydrogens (tertiary/aromatic N) is 5. The van der Waals surface area contributed by atoms with Crippen LogP contribution in [0.4, 0.5) is 0 Å². The molecule has 0 radical (unpaired) electrons. The first kappa shape index (κ1) is 9.07. The molecule has 1 amide bonds. The molecule has 1 aliphatic heterocycles. The Morgan fingerprint density at radius 1 is 1.36 bits per heavy atom. The summed E-state index contributed by atoms with van der Waals surface area (Å²) in [4.78, 5) is 15.6. The van der Waals surface area contributed by atoms with Gasteiger partial charge in [-0.15, -0.1) is 10.2 Å². The smallest absolute Gasteiger partial charge is 0.295 e. The first-order chi connectivity index (χ1) is 6.77. The molecule has 76 valence electrons. The molecule has 0 saturated carbocycles. The molecule has 0 aromatic carbocycles. The molecule has 1 saturated heterocycles. The SMILES string of the molecule is CN1CCN(C(=O)c2nn[nH]n2)CC1. The Balaban J connectivity index is 1.99. The van der Waals surface area contributed by atoms with Crippen LogP contribution in [0.3, 0.4) is 0 Å². The van der Waals surface area contributed by atoms with Crippen molar-refractivity contribution >= 4 is 5.91 Å². The van der Waals surface area contributed by atoms with Crippen LogP contribution in [0.2, 0.25) is 0 Å². The van der Waals surface area contributed by atoms with Crippen molar-refractivity contribution in [3.63, 3.8) is 0 Å². The Labute approximate surface area is 81.1 Å². The average Bonchev–Trinajstić information content (AvgIpc) is 2.71. The highest BCUT2D eigenvalue weighted by Gasteiger charge is 2.22. The van der Waals surface area contributed by atoms with Gasteiger partial charge < -0.3 is 9.80 Å². The Kier molecular flexibility index (Phi) is 2.40. The summed E-state index contributed by atoms with van der Waals surface area (Å²) in [5, 5.41) is 12.9. The number of carbonyl (C=O) groups is 1. The van der Waals surface area contributed by atoms with E-state index >= 15 is 0 Å². The Bertz CT molecular complexity index is 302. The summed E-state index contributed by atoms with van der Waals surface area (Å²) in [7, 11) is 2.04. The molecule has 0 spiro atoms. The third-order valence-corrected chi connectivity index (χ3v) is 2.33. The number of aromatic nitrogens is 4. The van der Waals surface area contributed by atoms with E-state index in [9.17, 15) is 4.79 Å². The van der Waals surface area contributed by atoms with Crippen LogP contribution in [0.25, 0.3) is 0 Å². The predicted octanol–water partition coefficient (Wildman–Crippen LogP) is -1.41. The highest BCUT2D eigenvalue weighted by atomic mass is 16.2. The highest BCUT2D eigenvalue weighted by Crippen LogP contribution is 2.02. The maximum atomic E-state index is 11.7. The van der Waals surface area contributed by atoms with E-state index in [-0.39, 0.29) is 11.7 Å².